The molecule has 1 aromatic heterocycles. The van der Waals surface area contributed by atoms with Gasteiger partial charge in [-0.1, -0.05) is 24.3 Å². The van der Waals surface area contributed by atoms with Crippen LogP contribution < -0.4 is 16.2 Å². The summed E-state index contributed by atoms with van der Waals surface area (Å²) >= 11 is 0. The van der Waals surface area contributed by atoms with E-state index in [0.29, 0.717) is 53.6 Å². The number of likely N-dealkylation sites (tertiary alicyclic amines) is 1. The van der Waals surface area contributed by atoms with Crippen LogP contribution in [0.15, 0.2) is 42.5 Å². The number of piperidine rings is 1. The van der Waals surface area contributed by atoms with Gasteiger partial charge in [0.05, 0.1) is 17.5 Å². The minimum absolute atomic E-state index is 0.131. The molecular formula is C21H25FN5O2+. The van der Waals surface area contributed by atoms with Crippen molar-refractivity contribution < 1.29 is 19.0 Å². The highest BCUT2D eigenvalue weighted by atomic mass is 19.1. The molecule has 1 aliphatic rings. The van der Waals surface area contributed by atoms with Gasteiger partial charge in [0.1, 0.15) is 37.0 Å². The van der Waals surface area contributed by atoms with E-state index in [-0.39, 0.29) is 23.0 Å². The largest absolute Gasteiger partial charge is 0.492 e. The number of fused-ring (bicyclic) bond motifs is 1. The summed E-state index contributed by atoms with van der Waals surface area (Å²) in [4.78, 5) is 8.22. The van der Waals surface area contributed by atoms with Gasteiger partial charge in [-0.3, -0.25) is 0 Å². The SMILES string of the molecule is Nc1nc(N)c2c(OCC3CC[N+](O)(Cc4ccccc4F)CC3)cccc2n1. The van der Waals surface area contributed by atoms with Crippen molar-refractivity contribution in [2.45, 2.75) is 19.4 Å². The third kappa shape index (κ3) is 4.23. The second kappa shape index (κ2) is 7.81. The molecule has 152 valence electrons. The van der Waals surface area contributed by atoms with Gasteiger partial charge in [-0.15, -0.1) is 0 Å². The number of rotatable bonds is 5. The smallest absolute Gasteiger partial charge is 0.222 e. The summed E-state index contributed by atoms with van der Waals surface area (Å²) in [5.74, 6) is 1.07. The number of anilines is 2. The lowest BCUT2D eigenvalue weighted by molar-refractivity contribution is -1.12. The van der Waals surface area contributed by atoms with Crippen LogP contribution in [0.25, 0.3) is 10.9 Å². The van der Waals surface area contributed by atoms with Crippen LogP contribution in [0.5, 0.6) is 5.75 Å². The Morgan fingerprint density at radius 2 is 1.83 bits per heavy atom. The van der Waals surface area contributed by atoms with Crippen molar-refractivity contribution in [1.82, 2.24) is 9.97 Å². The van der Waals surface area contributed by atoms with E-state index in [2.05, 4.69) is 9.97 Å². The van der Waals surface area contributed by atoms with Gasteiger partial charge in [0.2, 0.25) is 5.95 Å². The minimum Gasteiger partial charge on any atom is -0.492 e. The highest BCUT2D eigenvalue weighted by Crippen LogP contribution is 2.31. The number of nitrogens with two attached hydrogens (primary N) is 2. The van der Waals surface area contributed by atoms with E-state index in [9.17, 15) is 9.60 Å². The van der Waals surface area contributed by atoms with Crippen LogP contribution in [0.3, 0.4) is 0 Å². The van der Waals surface area contributed by atoms with Crippen molar-refractivity contribution >= 4 is 22.7 Å². The lowest BCUT2D eigenvalue weighted by Crippen LogP contribution is -2.50. The highest BCUT2D eigenvalue weighted by molar-refractivity contribution is 5.94. The molecule has 2 heterocycles. The molecule has 0 unspecified atom stereocenters. The molecule has 0 bridgehead atoms. The second-order valence-electron chi connectivity index (χ2n) is 7.66. The average Bonchev–Trinajstić information content (AvgIpc) is 2.69. The van der Waals surface area contributed by atoms with Gasteiger partial charge in [0.25, 0.3) is 0 Å². The molecule has 0 radical (unpaired) electrons. The van der Waals surface area contributed by atoms with Gasteiger partial charge >= 0.3 is 0 Å². The Morgan fingerprint density at radius 3 is 2.59 bits per heavy atom. The monoisotopic (exact) mass is 398 g/mol. The fraction of sp³-hybridized carbons (Fsp3) is 0.333. The molecule has 7 nitrogen and oxygen atoms in total. The molecule has 0 saturated carbocycles. The van der Waals surface area contributed by atoms with Gasteiger partial charge in [-0.25, -0.2) is 14.6 Å². The number of benzene rings is 2. The molecule has 2 aromatic carbocycles. The molecule has 8 heteroatoms. The molecular weight excluding hydrogens is 373 g/mol. The fourth-order valence-electron chi connectivity index (χ4n) is 3.90. The normalized spacial score (nSPS) is 21.9. The number of ether oxygens (including phenoxy) is 1. The standard InChI is InChI=1S/C21H25FN5O2/c22-16-5-2-1-4-15(16)12-27(28)10-8-14(9-11-27)13-29-18-7-3-6-17-19(18)20(23)26-21(24)25-17/h1-7,14,28H,8-13H2,(H4,23,24,25,26)/q+1. The summed E-state index contributed by atoms with van der Waals surface area (Å²) < 4.78 is 19.8. The number of hydrogen-bond acceptors (Lipinski definition) is 6. The molecule has 29 heavy (non-hydrogen) atoms. The molecule has 1 aliphatic heterocycles. The van der Waals surface area contributed by atoms with Crippen LogP contribution in [-0.2, 0) is 6.54 Å². The van der Waals surface area contributed by atoms with Crippen molar-refractivity contribution in [1.29, 1.82) is 0 Å². The number of hydroxylamine groups is 3. The minimum atomic E-state index is -0.277. The van der Waals surface area contributed by atoms with Gasteiger partial charge in [-0.2, -0.15) is 9.63 Å². The molecule has 1 fully saturated rings. The molecule has 0 amide bonds. The van der Waals surface area contributed by atoms with Crippen molar-refractivity contribution in [3.05, 3.63) is 53.8 Å². The van der Waals surface area contributed by atoms with Crippen LogP contribution in [-0.4, -0.2) is 39.5 Å². The molecule has 0 spiro atoms. The number of nitrogen functional groups attached to an aromatic ring is 2. The zero-order valence-corrected chi connectivity index (χ0v) is 16.1. The number of hydrogen-bond donors (Lipinski definition) is 3. The molecule has 0 atom stereocenters. The maximum absolute atomic E-state index is 13.9. The number of nitrogens with zero attached hydrogens (tertiary/aromatic N) is 3. The Labute approximate surface area is 168 Å². The topological polar surface area (TPSA) is 107 Å². The van der Waals surface area contributed by atoms with E-state index in [0.717, 1.165) is 12.8 Å². The quantitative estimate of drug-likeness (QED) is 0.570. The predicted octanol–water partition coefficient (Wildman–Crippen LogP) is 3.13. The summed E-state index contributed by atoms with van der Waals surface area (Å²) in [6.45, 7) is 1.89. The second-order valence-corrected chi connectivity index (χ2v) is 7.66. The highest BCUT2D eigenvalue weighted by Gasteiger charge is 2.34. The van der Waals surface area contributed by atoms with Crippen LogP contribution in [0.2, 0.25) is 0 Å². The average molecular weight is 398 g/mol. The van der Waals surface area contributed by atoms with Crippen molar-refractivity contribution in [2.24, 2.45) is 5.92 Å². The molecule has 3 aromatic rings. The first kappa shape index (κ1) is 19.4. The molecule has 5 N–H and O–H groups in total. The summed E-state index contributed by atoms with van der Waals surface area (Å²) in [5.41, 5.74) is 12.9. The molecule has 4 rings (SSSR count). The Hall–Kier alpha value is -2.97. The number of halogens is 1. The van der Waals surface area contributed by atoms with E-state index < -0.39 is 0 Å². The van der Waals surface area contributed by atoms with Crippen LogP contribution in [0.1, 0.15) is 18.4 Å². The Morgan fingerprint density at radius 1 is 1.07 bits per heavy atom. The number of aromatic nitrogens is 2. The lowest BCUT2D eigenvalue weighted by atomic mass is 9.96. The summed E-state index contributed by atoms with van der Waals surface area (Å²) in [5, 5.41) is 11.5. The first-order chi connectivity index (χ1) is 13.9. The lowest BCUT2D eigenvalue weighted by Gasteiger charge is -2.36. The van der Waals surface area contributed by atoms with Gasteiger partial charge in [-0.05, 0) is 18.2 Å². The summed E-state index contributed by atoms with van der Waals surface area (Å²) in [6.07, 6.45) is 1.57. The van der Waals surface area contributed by atoms with E-state index in [1.165, 1.54) is 6.07 Å². The number of quaternary nitrogens is 1. The van der Waals surface area contributed by atoms with E-state index in [4.69, 9.17) is 16.2 Å². The molecule has 1 saturated heterocycles. The van der Waals surface area contributed by atoms with Crippen molar-refractivity contribution in [3.63, 3.8) is 0 Å². The predicted molar refractivity (Wildman–Crippen MR) is 108 cm³/mol. The van der Waals surface area contributed by atoms with Crippen LogP contribution in [0, 0.1) is 11.7 Å². The third-order valence-corrected chi connectivity index (χ3v) is 5.53. The van der Waals surface area contributed by atoms with E-state index in [1.54, 1.807) is 18.2 Å². The summed E-state index contributed by atoms with van der Waals surface area (Å²) in [7, 11) is 0. The summed E-state index contributed by atoms with van der Waals surface area (Å²) in [6, 6.07) is 12.1. The third-order valence-electron chi connectivity index (χ3n) is 5.53. The van der Waals surface area contributed by atoms with E-state index in [1.807, 2.05) is 18.2 Å². The van der Waals surface area contributed by atoms with Crippen LogP contribution in [0.4, 0.5) is 16.2 Å². The Bertz CT molecular complexity index is 1020. The first-order valence-electron chi connectivity index (χ1n) is 9.70. The fourth-order valence-corrected chi connectivity index (χ4v) is 3.90. The van der Waals surface area contributed by atoms with Gasteiger partial charge in [0, 0.05) is 24.3 Å². The maximum Gasteiger partial charge on any atom is 0.222 e. The Kier molecular flexibility index (Phi) is 5.21. The van der Waals surface area contributed by atoms with Crippen LogP contribution >= 0.6 is 0 Å². The van der Waals surface area contributed by atoms with Crippen molar-refractivity contribution in [3.8, 4) is 5.75 Å². The Balaban J connectivity index is 1.38. The maximum atomic E-state index is 13.9. The van der Waals surface area contributed by atoms with Gasteiger partial charge in [0.15, 0.2) is 0 Å². The zero-order valence-electron chi connectivity index (χ0n) is 16.1. The van der Waals surface area contributed by atoms with Crippen molar-refractivity contribution in [2.75, 3.05) is 31.2 Å². The molecule has 0 aliphatic carbocycles. The first-order valence-corrected chi connectivity index (χ1v) is 9.70. The van der Waals surface area contributed by atoms with Gasteiger partial charge < -0.3 is 16.2 Å². The van der Waals surface area contributed by atoms with E-state index >= 15 is 0 Å². The zero-order chi connectivity index (χ0) is 20.4.